The van der Waals surface area contributed by atoms with Gasteiger partial charge in [-0.3, -0.25) is 0 Å². The summed E-state index contributed by atoms with van der Waals surface area (Å²) < 4.78 is 24.3. The van der Waals surface area contributed by atoms with E-state index < -0.39 is 11.8 Å². The maximum Gasteiger partial charge on any atom is 0.261 e. The van der Waals surface area contributed by atoms with Gasteiger partial charge in [0.1, 0.15) is 0 Å². The molecule has 62 valence electrons. The molecule has 0 aliphatic rings. The number of alkyl halides is 2. The monoisotopic (exact) mass is 159 g/mol. The number of nitrogens with zero attached hydrogens (tertiary/aromatic N) is 1. The lowest BCUT2D eigenvalue weighted by Crippen LogP contribution is -2.15. The highest BCUT2D eigenvalue weighted by molar-refractivity contribution is 5.20. The summed E-state index contributed by atoms with van der Waals surface area (Å²) >= 11 is 0. The third-order valence-electron chi connectivity index (χ3n) is 1.32. The molecule has 3 heteroatoms. The van der Waals surface area contributed by atoms with E-state index in [2.05, 4.69) is 0 Å². The Morgan fingerprint density at radius 3 is 2.00 bits per heavy atom. The number of hydrogen-bond acceptors (Lipinski definition) is 1. The van der Waals surface area contributed by atoms with Crippen molar-refractivity contribution in [1.29, 1.82) is 5.26 Å². The van der Waals surface area contributed by atoms with Gasteiger partial charge in [-0.1, -0.05) is 20.8 Å². The summed E-state index contributed by atoms with van der Waals surface area (Å²) in [5.74, 6) is 0. The Bertz CT molecular complexity index is 193. The van der Waals surface area contributed by atoms with E-state index in [4.69, 9.17) is 5.26 Å². The molecule has 0 fully saturated rings. The summed E-state index contributed by atoms with van der Waals surface area (Å²) in [5.41, 5.74) is -0.732. The molecule has 1 nitrogen and oxygen atoms in total. The number of nitriles is 1. The van der Waals surface area contributed by atoms with E-state index in [0.717, 1.165) is 6.08 Å². The smallest absolute Gasteiger partial charge is 0.205 e. The van der Waals surface area contributed by atoms with Crippen LogP contribution in [0, 0.1) is 16.7 Å². The van der Waals surface area contributed by atoms with Gasteiger partial charge in [-0.25, -0.2) is 8.78 Å². The highest BCUT2D eigenvalue weighted by Gasteiger charge is 2.24. The summed E-state index contributed by atoms with van der Waals surface area (Å²) in [6, 6.07) is 1.61. The van der Waals surface area contributed by atoms with E-state index in [9.17, 15) is 8.78 Å². The second kappa shape index (κ2) is 3.47. The van der Waals surface area contributed by atoms with Gasteiger partial charge >= 0.3 is 0 Å². The second-order valence-electron chi connectivity index (χ2n) is 3.28. The van der Waals surface area contributed by atoms with E-state index >= 15 is 0 Å². The zero-order valence-electron chi connectivity index (χ0n) is 6.86. The van der Waals surface area contributed by atoms with Crippen molar-refractivity contribution in [3.63, 3.8) is 0 Å². The fourth-order valence-electron chi connectivity index (χ4n) is 0.676. The summed E-state index contributed by atoms with van der Waals surface area (Å²) in [6.07, 6.45) is -1.61. The van der Waals surface area contributed by atoms with Crippen LogP contribution < -0.4 is 0 Å². The normalized spacial score (nSPS) is 13.4. The van der Waals surface area contributed by atoms with E-state index in [1.165, 1.54) is 0 Å². The number of hydrogen-bond donors (Lipinski definition) is 0. The topological polar surface area (TPSA) is 23.8 Å². The first-order valence-corrected chi connectivity index (χ1v) is 3.28. The van der Waals surface area contributed by atoms with Crippen LogP contribution >= 0.6 is 0 Å². The molecule has 0 N–H and O–H groups in total. The van der Waals surface area contributed by atoms with Crippen LogP contribution in [0.1, 0.15) is 20.8 Å². The molecule has 11 heavy (non-hydrogen) atoms. The Morgan fingerprint density at radius 1 is 1.45 bits per heavy atom. The molecule has 0 aromatic heterocycles. The van der Waals surface area contributed by atoms with Crippen LogP contribution in [0.5, 0.6) is 0 Å². The molecule has 0 aromatic rings. The molecule has 0 unspecified atom stereocenters. The van der Waals surface area contributed by atoms with Gasteiger partial charge in [-0.2, -0.15) is 5.26 Å². The van der Waals surface area contributed by atoms with Gasteiger partial charge in [0.2, 0.25) is 0 Å². The van der Waals surface area contributed by atoms with Gasteiger partial charge in [-0.05, 0) is 5.41 Å². The third kappa shape index (κ3) is 3.13. The van der Waals surface area contributed by atoms with Crippen LogP contribution in [0.15, 0.2) is 11.6 Å². The van der Waals surface area contributed by atoms with Crippen molar-refractivity contribution in [3.05, 3.63) is 11.6 Å². The van der Waals surface area contributed by atoms with Crippen LogP contribution in [0.25, 0.3) is 0 Å². The molecule has 0 heterocycles. The minimum atomic E-state index is -2.53. The number of allylic oxidation sites excluding steroid dienone is 2. The predicted molar refractivity (Wildman–Crippen MR) is 39.2 cm³/mol. The summed E-state index contributed by atoms with van der Waals surface area (Å²) in [4.78, 5) is 0. The zero-order valence-corrected chi connectivity index (χ0v) is 6.86. The molecule has 0 spiro atoms. The fourth-order valence-corrected chi connectivity index (χ4v) is 0.676. The van der Waals surface area contributed by atoms with Crippen molar-refractivity contribution in [1.82, 2.24) is 0 Å². The molecule has 0 aliphatic carbocycles. The van der Waals surface area contributed by atoms with Crippen LogP contribution in [-0.2, 0) is 0 Å². The van der Waals surface area contributed by atoms with Crippen LogP contribution in [-0.4, -0.2) is 6.43 Å². The molecule has 0 atom stereocenters. The number of halogens is 2. The highest BCUT2D eigenvalue weighted by atomic mass is 19.3. The lowest BCUT2D eigenvalue weighted by atomic mass is 9.86. The zero-order chi connectivity index (χ0) is 9.07. The molecule has 0 saturated carbocycles. The van der Waals surface area contributed by atoms with Crippen molar-refractivity contribution in [3.8, 4) is 6.07 Å². The van der Waals surface area contributed by atoms with E-state index in [1.807, 2.05) is 0 Å². The van der Waals surface area contributed by atoms with Gasteiger partial charge in [0, 0.05) is 11.6 Å². The standard InChI is InChI=1S/C8H11F2N/c1-8(2,3)6(4-5-11)7(9)10/h4,7H,1-3H3. The average Bonchev–Trinajstić information content (AvgIpc) is 1.79. The molecule has 0 rings (SSSR count). The Hall–Kier alpha value is -0.910. The molecule has 0 radical (unpaired) electrons. The van der Waals surface area contributed by atoms with E-state index in [-0.39, 0.29) is 5.57 Å². The van der Waals surface area contributed by atoms with Crippen molar-refractivity contribution >= 4 is 0 Å². The van der Waals surface area contributed by atoms with Crippen LogP contribution in [0.2, 0.25) is 0 Å². The SMILES string of the molecule is CC(C)(C)C(=CC#N)C(F)F. The number of rotatable bonds is 1. The highest BCUT2D eigenvalue weighted by Crippen LogP contribution is 2.29. The Balaban J connectivity index is 4.67. The van der Waals surface area contributed by atoms with Crippen LogP contribution in [0.4, 0.5) is 8.78 Å². The first kappa shape index (κ1) is 10.1. The van der Waals surface area contributed by atoms with Gasteiger partial charge in [0.05, 0.1) is 6.07 Å². The Morgan fingerprint density at radius 2 is 1.91 bits per heavy atom. The lowest BCUT2D eigenvalue weighted by Gasteiger charge is -2.20. The Labute approximate surface area is 65.3 Å². The maximum absolute atomic E-state index is 12.2. The van der Waals surface area contributed by atoms with Gasteiger partial charge in [-0.15, -0.1) is 0 Å². The predicted octanol–water partition coefficient (Wildman–Crippen LogP) is 2.75. The minimum absolute atomic E-state index is 0.111. The minimum Gasteiger partial charge on any atom is -0.205 e. The van der Waals surface area contributed by atoms with E-state index in [0.29, 0.717) is 0 Å². The largest absolute Gasteiger partial charge is 0.261 e. The molecular weight excluding hydrogens is 148 g/mol. The fraction of sp³-hybridized carbons (Fsp3) is 0.625. The summed E-state index contributed by atoms with van der Waals surface area (Å²) in [7, 11) is 0. The first-order valence-electron chi connectivity index (χ1n) is 3.28. The Kier molecular flexibility index (Phi) is 3.18. The second-order valence-corrected chi connectivity index (χ2v) is 3.28. The molecule has 0 bridgehead atoms. The molecule has 0 saturated heterocycles. The van der Waals surface area contributed by atoms with Crippen molar-refractivity contribution in [2.24, 2.45) is 5.41 Å². The average molecular weight is 159 g/mol. The lowest BCUT2D eigenvalue weighted by molar-refractivity contribution is 0.162. The van der Waals surface area contributed by atoms with Gasteiger partial charge in [0.15, 0.2) is 0 Å². The molecular formula is C8H11F2N. The quantitative estimate of drug-likeness (QED) is 0.539. The van der Waals surface area contributed by atoms with Gasteiger partial charge in [0.25, 0.3) is 6.43 Å². The third-order valence-corrected chi connectivity index (χ3v) is 1.32. The molecule has 0 aromatic carbocycles. The van der Waals surface area contributed by atoms with Crippen molar-refractivity contribution in [2.75, 3.05) is 0 Å². The van der Waals surface area contributed by atoms with Gasteiger partial charge < -0.3 is 0 Å². The van der Waals surface area contributed by atoms with Crippen molar-refractivity contribution in [2.45, 2.75) is 27.2 Å². The first-order chi connectivity index (χ1) is 4.89. The summed E-state index contributed by atoms with van der Waals surface area (Å²) in [6.45, 7) is 4.97. The maximum atomic E-state index is 12.2. The van der Waals surface area contributed by atoms with Crippen molar-refractivity contribution < 1.29 is 8.78 Å². The molecule has 0 amide bonds. The molecule has 0 aliphatic heterocycles. The summed E-state index contributed by atoms with van der Waals surface area (Å²) in [5, 5.41) is 8.19. The van der Waals surface area contributed by atoms with E-state index in [1.54, 1.807) is 26.8 Å². The van der Waals surface area contributed by atoms with Crippen LogP contribution in [0.3, 0.4) is 0 Å².